The second-order valence-corrected chi connectivity index (χ2v) is 6.29. The van der Waals surface area contributed by atoms with E-state index in [4.69, 9.17) is 0 Å². The van der Waals surface area contributed by atoms with E-state index in [0.717, 1.165) is 11.8 Å². The highest BCUT2D eigenvalue weighted by molar-refractivity contribution is 4.60. The quantitative estimate of drug-likeness (QED) is 0.462. The largest absolute Gasteiger partial charge is 0.303 e. The summed E-state index contributed by atoms with van der Waals surface area (Å²) in [6, 6.07) is 0. The van der Waals surface area contributed by atoms with Gasteiger partial charge in [0, 0.05) is 6.54 Å². The lowest BCUT2D eigenvalue weighted by molar-refractivity contribution is 0.239. The minimum Gasteiger partial charge on any atom is -0.303 e. The standard InChI is InChI=1S/C16H35N/c1-6-12-17(14-16(4)5)13-10-8-7-9-11-15(2)3/h15-16H,6-14H2,1-5H3. The van der Waals surface area contributed by atoms with Crippen molar-refractivity contribution in [2.45, 2.75) is 73.1 Å². The van der Waals surface area contributed by atoms with Crippen LogP contribution in [0.1, 0.15) is 73.1 Å². The molecule has 0 aromatic rings. The summed E-state index contributed by atoms with van der Waals surface area (Å²) in [5.74, 6) is 1.69. The molecule has 0 aromatic carbocycles. The van der Waals surface area contributed by atoms with Crippen LogP contribution in [0.25, 0.3) is 0 Å². The van der Waals surface area contributed by atoms with Gasteiger partial charge in [0.2, 0.25) is 0 Å². The molecule has 0 saturated heterocycles. The zero-order valence-corrected chi connectivity index (χ0v) is 13.0. The molecule has 0 bridgehead atoms. The minimum absolute atomic E-state index is 0.808. The van der Waals surface area contributed by atoms with Gasteiger partial charge < -0.3 is 4.90 Å². The molecule has 0 radical (unpaired) electrons. The molecule has 0 heterocycles. The number of nitrogens with zero attached hydrogens (tertiary/aromatic N) is 1. The first-order valence-corrected chi connectivity index (χ1v) is 7.78. The molecule has 0 spiro atoms. The van der Waals surface area contributed by atoms with E-state index in [2.05, 4.69) is 39.5 Å². The van der Waals surface area contributed by atoms with Crippen molar-refractivity contribution in [1.82, 2.24) is 4.90 Å². The lowest BCUT2D eigenvalue weighted by Gasteiger charge is -2.23. The van der Waals surface area contributed by atoms with E-state index >= 15 is 0 Å². The maximum absolute atomic E-state index is 2.65. The minimum atomic E-state index is 0.808. The van der Waals surface area contributed by atoms with Crippen molar-refractivity contribution in [1.29, 1.82) is 0 Å². The van der Waals surface area contributed by atoms with Crippen LogP contribution in [0.3, 0.4) is 0 Å². The fourth-order valence-electron chi connectivity index (χ4n) is 2.37. The molecule has 0 atom stereocenters. The molecular weight excluding hydrogens is 206 g/mol. The van der Waals surface area contributed by atoms with E-state index in [9.17, 15) is 0 Å². The number of rotatable bonds is 11. The molecule has 0 aliphatic rings. The first-order valence-electron chi connectivity index (χ1n) is 7.78. The molecule has 1 heteroatoms. The van der Waals surface area contributed by atoms with Crippen molar-refractivity contribution < 1.29 is 0 Å². The van der Waals surface area contributed by atoms with E-state index < -0.39 is 0 Å². The summed E-state index contributed by atoms with van der Waals surface area (Å²) in [6.45, 7) is 15.5. The summed E-state index contributed by atoms with van der Waals surface area (Å²) in [7, 11) is 0. The van der Waals surface area contributed by atoms with Crippen LogP contribution in [-0.4, -0.2) is 24.5 Å². The van der Waals surface area contributed by atoms with Gasteiger partial charge in [-0.25, -0.2) is 0 Å². The van der Waals surface area contributed by atoms with Crippen LogP contribution in [0.5, 0.6) is 0 Å². The van der Waals surface area contributed by atoms with Crippen molar-refractivity contribution in [3.63, 3.8) is 0 Å². The van der Waals surface area contributed by atoms with Gasteiger partial charge in [0.25, 0.3) is 0 Å². The average Bonchev–Trinajstić information content (AvgIpc) is 2.22. The Bertz CT molecular complexity index is 152. The summed E-state index contributed by atoms with van der Waals surface area (Å²) in [6.07, 6.45) is 8.37. The Morgan fingerprint density at radius 2 is 1.41 bits per heavy atom. The van der Waals surface area contributed by atoms with Crippen LogP contribution >= 0.6 is 0 Å². The Morgan fingerprint density at radius 1 is 0.765 bits per heavy atom. The van der Waals surface area contributed by atoms with Crippen LogP contribution in [0, 0.1) is 11.8 Å². The third kappa shape index (κ3) is 12.2. The molecule has 17 heavy (non-hydrogen) atoms. The topological polar surface area (TPSA) is 3.24 Å². The first kappa shape index (κ1) is 17.0. The average molecular weight is 241 g/mol. The van der Waals surface area contributed by atoms with Crippen LogP contribution in [0.15, 0.2) is 0 Å². The smallest absolute Gasteiger partial charge is 0.000438 e. The van der Waals surface area contributed by atoms with E-state index in [1.807, 2.05) is 0 Å². The van der Waals surface area contributed by atoms with Gasteiger partial charge in [0.15, 0.2) is 0 Å². The predicted octanol–water partition coefficient (Wildman–Crippen LogP) is 4.96. The summed E-state index contributed by atoms with van der Waals surface area (Å²) in [4.78, 5) is 2.65. The van der Waals surface area contributed by atoms with Crippen molar-refractivity contribution in [2.24, 2.45) is 11.8 Å². The molecular formula is C16H35N. The summed E-state index contributed by atoms with van der Waals surface area (Å²) < 4.78 is 0. The Hall–Kier alpha value is -0.0400. The monoisotopic (exact) mass is 241 g/mol. The van der Waals surface area contributed by atoms with Gasteiger partial charge in [0.1, 0.15) is 0 Å². The van der Waals surface area contributed by atoms with Gasteiger partial charge >= 0.3 is 0 Å². The molecule has 0 rings (SSSR count). The zero-order chi connectivity index (χ0) is 13.1. The van der Waals surface area contributed by atoms with Crippen molar-refractivity contribution in [3.8, 4) is 0 Å². The van der Waals surface area contributed by atoms with Gasteiger partial charge in [-0.15, -0.1) is 0 Å². The van der Waals surface area contributed by atoms with Gasteiger partial charge in [-0.05, 0) is 37.8 Å². The second kappa shape index (κ2) is 11.1. The second-order valence-electron chi connectivity index (χ2n) is 6.29. The van der Waals surface area contributed by atoms with Crippen LogP contribution in [0.2, 0.25) is 0 Å². The van der Waals surface area contributed by atoms with Crippen LogP contribution < -0.4 is 0 Å². The van der Waals surface area contributed by atoms with Crippen LogP contribution in [-0.2, 0) is 0 Å². The summed E-state index contributed by atoms with van der Waals surface area (Å²) in [5, 5.41) is 0. The molecule has 0 saturated carbocycles. The Kier molecular flexibility index (Phi) is 11.0. The van der Waals surface area contributed by atoms with Gasteiger partial charge in [-0.1, -0.05) is 60.3 Å². The number of hydrogen-bond acceptors (Lipinski definition) is 1. The molecule has 0 unspecified atom stereocenters. The van der Waals surface area contributed by atoms with E-state index in [1.165, 1.54) is 58.2 Å². The Morgan fingerprint density at radius 3 is 1.94 bits per heavy atom. The molecule has 1 nitrogen and oxygen atoms in total. The summed E-state index contributed by atoms with van der Waals surface area (Å²) >= 11 is 0. The van der Waals surface area contributed by atoms with Crippen molar-refractivity contribution >= 4 is 0 Å². The van der Waals surface area contributed by atoms with E-state index in [-0.39, 0.29) is 0 Å². The highest BCUT2D eigenvalue weighted by Gasteiger charge is 2.05. The molecule has 0 aliphatic heterocycles. The molecule has 0 fully saturated rings. The number of hydrogen-bond donors (Lipinski definition) is 0. The Labute approximate surface area is 110 Å². The first-order chi connectivity index (χ1) is 8.06. The Balaban J connectivity index is 3.47. The fourth-order valence-corrected chi connectivity index (χ4v) is 2.37. The normalized spacial score (nSPS) is 12.0. The zero-order valence-electron chi connectivity index (χ0n) is 13.0. The summed E-state index contributed by atoms with van der Waals surface area (Å²) in [5.41, 5.74) is 0. The third-order valence-electron chi connectivity index (χ3n) is 3.17. The SMILES string of the molecule is CCCN(CCCCCCC(C)C)CC(C)C. The molecule has 0 aromatic heterocycles. The lowest BCUT2D eigenvalue weighted by Crippen LogP contribution is -2.29. The van der Waals surface area contributed by atoms with E-state index in [1.54, 1.807) is 0 Å². The van der Waals surface area contributed by atoms with Gasteiger partial charge in [0.05, 0.1) is 0 Å². The molecule has 104 valence electrons. The highest BCUT2D eigenvalue weighted by atomic mass is 15.1. The van der Waals surface area contributed by atoms with E-state index in [0.29, 0.717) is 0 Å². The molecule has 0 amide bonds. The van der Waals surface area contributed by atoms with Crippen molar-refractivity contribution in [2.75, 3.05) is 19.6 Å². The predicted molar refractivity (Wildman–Crippen MR) is 79.5 cm³/mol. The molecule has 0 aliphatic carbocycles. The highest BCUT2D eigenvalue weighted by Crippen LogP contribution is 2.10. The van der Waals surface area contributed by atoms with Gasteiger partial charge in [-0.3, -0.25) is 0 Å². The third-order valence-corrected chi connectivity index (χ3v) is 3.17. The van der Waals surface area contributed by atoms with Crippen molar-refractivity contribution in [3.05, 3.63) is 0 Å². The van der Waals surface area contributed by atoms with Crippen LogP contribution in [0.4, 0.5) is 0 Å². The van der Waals surface area contributed by atoms with Gasteiger partial charge in [-0.2, -0.15) is 0 Å². The molecule has 0 N–H and O–H groups in total. The number of unbranched alkanes of at least 4 members (excludes halogenated alkanes) is 3. The maximum atomic E-state index is 2.65. The maximum Gasteiger partial charge on any atom is 0.000438 e. The lowest BCUT2D eigenvalue weighted by atomic mass is 10.0. The fraction of sp³-hybridized carbons (Fsp3) is 1.00.